The Hall–Kier alpha value is -1.88. The van der Waals surface area contributed by atoms with Gasteiger partial charge in [-0.25, -0.2) is 4.98 Å². The zero-order chi connectivity index (χ0) is 11.8. The number of anilines is 1. The molecule has 3 aromatic heterocycles. The molecule has 0 unspecified atom stereocenters. The lowest BCUT2D eigenvalue weighted by Gasteiger charge is -2.03. The van der Waals surface area contributed by atoms with Gasteiger partial charge >= 0.3 is 0 Å². The van der Waals surface area contributed by atoms with Crippen molar-refractivity contribution in [3.63, 3.8) is 0 Å². The Balaban J connectivity index is 2.29. The van der Waals surface area contributed by atoms with E-state index in [0.717, 1.165) is 33.3 Å². The third kappa shape index (κ3) is 1.59. The molecule has 0 atom stereocenters. The molecular formula is C12H12N4S. The highest BCUT2D eigenvalue weighted by atomic mass is 32.1. The highest BCUT2D eigenvalue weighted by Gasteiger charge is 2.12. The fourth-order valence-electron chi connectivity index (χ4n) is 1.96. The lowest BCUT2D eigenvalue weighted by molar-refractivity contribution is 0.798. The van der Waals surface area contributed by atoms with Gasteiger partial charge in [0.1, 0.15) is 5.52 Å². The maximum Gasteiger partial charge on any atom is 0.151 e. The van der Waals surface area contributed by atoms with E-state index in [-0.39, 0.29) is 0 Å². The first-order chi connectivity index (χ1) is 8.29. The second-order valence-corrected chi connectivity index (χ2v) is 4.86. The molecule has 0 aliphatic heterocycles. The summed E-state index contributed by atoms with van der Waals surface area (Å²) in [6.07, 6.45) is 3.59. The SMILES string of the molecule is CCn1c(-c2ccc(N)s2)nc2cnccc21. The molecule has 0 fully saturated rings. The maximum absolute atomic E-state index is 5.77. The predicted octanol–water partition coefficient (Wildman–Crippen LogP) is 2.76. The summed E-state index contributed by atoms with van der Waals surface area (Å²) in [5.41, 5.74) is 7.81. The Morgan fingerprint density at radius 1 is 1.35 bits per heavy atom. The van der Waals surface area contributed by atoms with Crippen molar-refractivity contribution >= 4 is 27.4 Å². The average molecular weight is 244 g/mol. The first kappa shape index (κ1) is 10.3. The molecule has 3 rings (SSSR count). The number of aromatic nitrogens is 3. The molecule has 0 saturated heterocycles. The molecule has 0 spiro atoms. The Labute approximate surface area is 103 Å². The van der Waals surface area contributed by atoms with Crippen molar-refractivity contribution in [2.45, 2.75) is 13.5 Å². The molecule has 0 aliphatic rings. The van der Waals surface area contributed by atoms with Gasteiger partial charge in [-0.3, -0.25) is 4.98 Å². The van der Waals surface area contributed by atoms with E-state index in [0.29, 0.717) is 0 Å². The lowest BCUT2D eigenvalue weighted by atomic mass is 10.4. The van der Waals surface area contributed by atoms with Crippen LogP contribution >= 0.6 is 11.3 Å². The van der Waals surface area contributed by atoms with E-state index in [1.54, 1.807) is 23.7 Å². The summed E-state index contributed by atoms with van der Waals surface area (Å²) >= 11 is 1.56. The molecule has 0 saturated carbocycles. The first-order valence-electron chi connectivity index (χ1n) is 5.45. The van der Waals surface area contributed by atoms with Gasteiger partial charge in [0, 0.05) is 12.7 Å². The van der Waals surface area contributed by atoms with Gasteiger partial charge in [0.25, 0.3) is 0 Å². The molecule has 2 N–H and O–H groups in total. The van der Waals surface area contributed by atoms with E-state index in [1.165, 1.54) is 0 Å². The third-order valence-corrected chi connectivity index (χ3v) is 3.62. The van der Waals surface area contributed by atoms with Crippen molar-refractivity contribution in [3.8, 4) is 10.7 Å². The van der Waals surface area contributed by atoms with Gasteiger partial charge in [-0.15, -0.1) is 11.3 Å². The average Bonchev–Trinajstić information content (AvgIpc) is 2.91. The van der Waals surface area contributed by atoms with E-state index in [9.17, 15) is 0 Å². The van der Waals surface area contributed by atoms with Crippen molar-refractivity contribution in [2.24, 2.45) is 0 Å². The zero-order valence-corrected chi connectivity index (χ0v) is 10.2. The predicted molar refractivity (Wildman–Crippen MR) is 70.9 cm³/mol. The van der Waals surface area contributed by atoms with Crippen molar-refractivity contribution in [1.29, 1.82) is 0 Å². The minimum Gasteiger partial charge on any atom is -0.391 e. The maximum atomic E-state index is 5.77. The normalized spacial score (nSPS) is 11.1. The van der Waals surface area contributed by atoms with E-state index < -0.39 is 0 Å². The molecule has 5 heteroatoms. The van der Waals surface area contributed by atoms with Crippen LogP contribution in [0.15, 0.2) is 30.6 Å². The van der Waals surface area contributed by atoms with Crippen LogP contribution in [0.1, 0.15) is 6.92 Å². The highest BCUT2D eigenvalue weighted by molar-refractivity contribution is 7.19. The summed E-state index contributed by atoms with van der Waals surface area (Å²) in [7, 11) is 0. The Bertz CT molecular complexity index is 668. The zero-order valence-electron chi connectivity index (χ0n) is 9.42. The summed E-state index contributed by atoms with van der Waals surface area (Å²) in [5.74, 6) is 0.970. The molecule has 17 heavy (non-hydrogen) atoms. The number of thiophene rings is 1. The van der Waals surface area contributed by atoms with Crippen LogP contribution in [0.5, 0.6) is 0 Å². The van der Waals surface area contributed by atoms with Crippen molar-refractivity contribution < 1.29 is 0 Å². The summed E-state index contributed by atoms with van der Waals surface area (Å²) in [6.45, 7) is 3.00. The fraction of sp³-hybridized carbons (Fsp3) is 0.167. The van der Waals surface area contributed by atoms with Gasteiger partial charge in [-0.05, 0) is 25.1 Å². The fourth-order valence-corrected chi connectivity index (χ4v) is 2.74. The lowest BCUT2D eigenvalue weighted by Crippen LogP contribution is -1.95. The van der Waals surface area contributed by atoms with E-state index in [1.807, 2.05) is 18.2 Å². The number of hydrogen-bond acceptors (Lipinski definition) is 4. The van der Waals surface area contributed by atoms with Crippen LogP contribution in [0.3, 0.4) is 0 Å². The molecule has 0 amide bonds. The number of nitrogen functional groups attached to an aromatic ring is 1. The van der Waals surface area contributed by atoms with Crippen molar-refractivity contribution in [3.05, 3.63) is 30.6 Å². The molecule has 3 heterocycles. The summed E-state index contributed by atoms with van der Waals surface area (Å²) in [6, 6.07) is 5.92. The van der Waals surface area contributed by atoms with Crippen LogP contribution in [-0.4, -0.2) is 14.5 Å². The monoisotopic (exact) mass is 244 g/mol. The van der Waals surface area contributed by atoms with Crippen LogP contribution < -0.4 is 5.73 Å². The smallest absolute Gasteiger partial charge is 0.151 e. The second kappa shape index (κ2) is 3.85. The summed E-state index contributed by atoms with van der Waals surface area (Å²) < 4.78 is 2.18. The molecule has 0 aromatic carbocycles. The van der Waals surface area contributed by atoms with E-state index in [4.69, 9.17) is 5.73 Å². The van der Waals surface area contributed by atoms with Gasteiger partial charge in [0.15, 0.2) is 5.82 Å². The molecule has 0 radical (unpaired) electrons. The molecule has 3 aromatic rings. The number of rotatable bonds is 2. The van der Waals surface area contributed by atoms with Gasteiger partial charge in [0.2, 0.25) is 0 Å². The molecule has 0 bridgehead atoms. The highest BCUT2D eigenvalue weighted by Crippen LogP contribution is 2.31. The van der Waals surface area contributed by atoms with E-state index >= 15 is 0 Å². The van der Waals surface area contributed by atoms with Crippen molar-refractivity contribution in [1.82, 2.24) is 14.5 Å². The van der Waals surface area contributed by atoms with Crippen molar-refractivity contribution in [2.75, 3.05) is 5.73 Å². The molecule has 4 nitrogen and oxygen atoms in total. The third-order valence-electron chi connectivity index (χ3n) is 2.71. The number of pyridine rings is 1. The number of nitrogens with zero attached hydrogens (tertiary/aromatic N) is 3. The minimum absolute atomic E-state index is 0.813. The van der Waals surface area contributed by atoms with Crippen LogP contribution in [0.4, 0.5) is 5.00 Å². The van der Waals surface area contributed by atoms with Crippen LogP contribution in [0, 0.1) is 0 Å². The summed E-state index contributed by atoms with van der Waals surface area (Å²) in [5, 5.41) is 0.813. The standard InChI is InChI=1S/C12H12N4S/c1-2-16-9-5-6-14-7-8(9)15-12(16)10-3-4-11(13)17-10/h3-7H,2,13H2,1H3. The number of hydrogen-bond donors (Lipinski definition) is 1. The van der Waals surface area contributed by atoms with Crippen LogP contribution in [-0.2, 0) is 6.54 Å². The number of aryl methyl sites for hydroxylation is 1. The van der Waals surface area contributed by atoms with Gasteiger partial charge in [-0.1, -0.05) is 0 Å². The van der Waals surface area contributed by atoms with E-state index in [2.05, 4.69) is 21.5 Å². The number of imidazole rings is 1. The quantitative estimate of drug-likeness (QED) is 0.754. The Kier molecular flexibility index (Phi) is 2.33. The molecule has 0 aliphatic carbocycles. The largest absolute Gasteiger partial charge is 0.391 e. The van der Waals surface area contributed by atoms with Gasteiger partial charge < -0.3 is 10.3 Å². The second-order valence-electron chi connectivity index (χ2n) is 3.75. The summed E-state index contributed by atoms with van der Waals surface area (Å²) in [4.78, 5) is 9.82. The number of fused-ring (bicyclic) bond motifs is 1. The first-order valence-corrected chi connectivity index (χ1v) is 6.27. The Morgan fingerprint density at radius 3 is 2.94 bits per heavy atom. The van der Waals surface area contributed by atoms with Gasteiger partial charge in [0.05, 0.1) is 21.6 Å². The molecule has 86 valence electrons. The number of nitrogens with two attached hydrogens (primary N) is 1. The van der Waals surface area contributed by atoms with Crippen LogP contribution in [0.2, 0.25) is 0 Å². The van der Waals surface area contributed by atoms with Gasteiger partial charge in [-0.2, -0.15) is 0 Å². The topological polar surface area (TPSA) is 56.7 Å². The minimum atomic E-state index is 0.813. The van der Waals surface area contributed by atoms with Crippen LogP contribution in [0.25, 0.3) is 21.7 Å². The Morgan fingerprint density at radius 2 is 2.24 bits per heavy atom. The molecular weight excluding hydrogens is 232 g/mol.